The largest absolute Gasteiger partial charge is 0.0659 e. The van der Waals surface area contributed by atoms with E-state index in [0.717, 1.165) is 25.7 Å². The third-order valence-corrected chi connectivity index (χ3v) is 83.6. The van der Waals surface area contributed by atoms with Crippen LogP contribution in [0.2, 0.25) is 5.54 Å². The summed E-state index contributed by atoms with van der Waals surface area (Å²) in [5.41, 5.74) is 1.25. The smallest absolute Gasteiger partial charge is 0.00931 e. The first kappa shape index (κ1) is 5.99. The summed E-state index contributed by atoms with van der Waals surface area (Å²) in [6.07, 6.45) is 0. The molecule has 0 N–H and O–H groups in total. The first-order chi connectivity index (χ1) is 3.30. The van der Waals surface area contributed by atoms with E-state index in [1.807, 2.05) is 0 Å². The Morgan fingerprint density at radius 3 is 1.86 bits per heavy atom. The molecule has 1 heterocycles. The van der Waals surface area contributed by atoms with Crippen LogP contribution in [0.15, 0.2) is 0 Å². The van der Waals surface area contributed by atoms with Crippen molar-refractivity contribution >= 4 is 33.5 Å². The second-order valence-electron chi connectivity index (χ2n) is 2.94. The Bertz CT molecular complexity index is 58.0. The molecule has 7 heavy (non-hydrogen) atoms. The first-order valence-corrected chi connectivity index (χ1v) is 18.5. The van der Waals surface area contributed by atoms with Crippen molar-refractivity contribution in [3.63, 3.8) is 0 Å². The Morgan fingerprint density at radius 2 is 1.86 bits per heavy atom. The Hall–Kier alpha value is 0.868. The van der Waals surface area contributed by atoms with E-state index >= 15 is 0 Å². The number of rotatable bonds is 1. The summed E-state index contributed by atoms with van der Waals surface area (Å²) in [7, 11) is 2.74. The minimum atomic E-state index is 0.265. The summed E-state index contributed by atoms with van der Waals surface area (Å²) >= 11 is 0. The van der Waals surface area contributed by atoms with Crippen molar-refractivity contribution in [2.45, 2.75) is 19.4 Å². The number of hydrogen-bond donors (Lipinski definition) is 0. The van der Waals surface area contributed by atoms with Crippen molar-refractivity contribution in [3.05, 3.63) is 0 Å². The normalized spacial score (nSPS) is 40.7. The summed E-state index contributed by atoms with van der Waals surface area (Å²) in [6, 6.07) is 0. The van der Waals surface area contributed by atoms with Gasteiger partial charge in [0.2, 0.25) is 0 Å². The molecule has 1 saturated heterocycles. The van der Waals surface area contributed by atoms with Crippen molar-refractivity contribution in [1.29, 1.82) is 0 Å². The first-order valence-electron chi connectivity index (χ1n) is 3.30. The van der Waals surface area contributed by atoms with Crippen LogP contribution >= 0.6 is 0 Å². The average Bonchev–Trinajstić information content (AvgIpc) is 1.23. The van der Waals surface area contributed by atoms with E-state index in [1.165, 1.54) is 5.54 Å². The Morgan fingerprint density at radius 1 is 1.29 bits per heavy atom. The molecular weight excluding hydrogens is 148 g/mol. The van der Waals surface area contributed by atoms with Crippen LogP contribution in [0, 0.1) is 0 Å². The minimum Gasteiger partial charge on any atom is -0.0659 e. The maximum atomic E-state index is 2.48. The Labute approximate surface area is 53.3 Å². The van der Waals surface area contributed by atoms with Crippen molar-refractivity contribution in [2.75, 3.05) is 0 Å². The lowest BCUT2D eigenvalue weighted by atomic mass is 10.6. The standard InChI is InChI=1S/C3H14Si4/c1-3(2)7-5-4-6-7/h3,7H,4-6H2,1-2H3. The third kappa shape index (κ3) is 1.38. The van der Waals surface area contributed by atoms with E-state index < -0.39 is 0 Å². The molecule has 0 aliphatic carbocycles. The van der Waals surface area contributed by atoms with Gasteiger partial charge in [-0.15, -0.1) is 0 Å². The maximum absolute atomic E-state index is 2.48. The fourth-order valence-corrected chi connectivity index (χ4v) is 53.6. The topological polar surface area (TPSA) is 0 Å². The van der Waals surface area contributed by atoms with Gasteiger partial charge in [0.1, 0.15) is 0 Å². The molecule has 0 aromatic heterocycles. The molecule has 0 saturated carbocycles. The van der Waals surface area contributed by atoms with Crippen LogP contribution in [-0.4, -0.2) is 33.5 Å². The van der Waals surface area contributed by atoms with Crippen LogP contribution in [0.25, 0.3) is 0 Å². The van der Waals surface area contributed by atoms with E-state index in [-0.39, 0.29) is 7.83 Å². The van der Waals surface area contributed by atoms with Crippen molar-refractivity contribution < 1.29 is 0 Å². The van der Waals surface area contributed by atoms with Gasteiger partial charge in [0.05, 0.1) is 0 Å². The van der Waals surface area contributed by atoms with Gasteiger partial charge in [0, 0.05) is 7.83 Å². The molecule has 0 aromatic rings. The zero-order chi connectivity index (χ0) is 5.28. The van der Waals surface area contributed by atoms with Crippen LogP contribution in [0.5, 0.6) is 0 Å². The van der Waals surface area contributed by atoms with E-state index in [0.29, 0.717) is 0 Å². The second-order valence-corrected chi connectivity index (χ2v) is 39.7. The van der Waals surface area contributed by atoms with Crippen LogP contribution in [0.4, 0.5) is 0 Å². The lowest BCUT2D eigenvalue weighted by Crippen LogP contribution is -2.53. The van der Waals surface area contributed by atoms with E-state index in [4.69, 9.17) is 0 Å². The monoisotopic (exact) mass is 162 g/mol. The molecule has 1 aliphatic rings. The van der Waals surface area contributed by atoms with Gasteiger partial charge in [-0.05, 0) is 25.7 Å². The van der Waals surface area contributed by atoms with E-state index in [1.54, 1.807) is 0 Å². The molecule has 42 valence electrons. The van der Waals surface area contributed by atoms with Gasteiger partial charge < -0.3 is 0 Å². The van der Waals surface area contributed by atoms with Crippen LogP contribution in [0.1, 0.15) is 13.8 Å². The Kier molecular flexibility index (Phi) is 2.08. The summed E-state index contributed by atoms with van der Waals surface area (Å²) in [6.45, 7) is 4.95. The average molecular weight is 162 g/mol. The number of hydrogen-bond acceptors (Lipinski definition) is 0. The molecule has 1 fully saturated rings. The summed E-state index contributed by atoms with van der Waals surface area (Å²) < 4.78 is 0. The third-order valence-electron chi connectivity index (χ3n) is 2.09. The maximum Gasteiger partial charge on any atom is 0.00931 e. The molecule has 0 bridgehead atoms. The lowest BCUT2D eigenvalue weighted by molar-refractivity contribution is 1.07. The highest BCUT2D eigenvalue weighted by molar-refractivity contribution is 7.81. The zero-order valence-electron chi connectivity index (χ0n) is 5.28. The van der Waals surface area contributed by atoms with E-state index in [2.05, 4.69) is 13.8 Å². The molecular formula is C3H14Si4. The molecule has 0 atom stereocenters. The predicted molar refractivity (Wildman–Crippen MR) is 47.9 cm³/mol. The molecule has 0 radical (unpaired) electrons. The molecule has 1 aliphatic heterocycles. The van der Waals surface area contributed by atoms with Crippen LogP contribution < -0.4 is 0 Å². The van der Waals surface area contributed by atoms with Gasteiger partial charge >= 0.3 is 0 Å². The van der Waals surface area contributed by atoms with Crippen molar-refractivity contribution in [3.8, 4) is 0 Å². The highest BCUT2D eigenvalue weighted by atomic mass is 30.1. The molecule has 0 amide bonds. The lowest BCUT2D eigenvalue weighted by Gasteiger charge is -2.25. The van der Waals surface area contributed by atoms with Gasteiger partial charge in [-0.1, -0.05) is 19.4 Å². The van der Waals surface area contributed by atoms with Crippen LogP contribution in [-0.2, 0) is 0 Å². The van der Waals surface area contributed by atoms with Gasteiger partial charge in [-0.2, -0.15) is 0 Å². The molecule has 0 aromatic carbocycles. The van der Waals surface area contributed by atoms with Crippen molar-refractivity contribution in [1.82, 2.24) is 0 Å². The summed E-state index contributed by atoms with van der Waals surface area (Å²) in [5.74, 6) is 0. The molecule has 1 rings (SSSR count). The van der Waals surface area contributed by atoms with Gasteiger partial charge in [-0.3, -0.25) is 0 Å². The summed E-state index contributed by atoms with van der Waals surface area (Å²) in [4.78, 5) is 0. The second kappa shape index (κ2) is 2.43. The predicted octanol–water partition coefficient (Wildman–Crippen LogP) is -2.03. The molecule has 4 heteroatoms. The van der Waals surface area contributed by atoms with Crippen molar-refractivity contribution in [2.24, 2.45) is 0 Å². The highest BCUT2D eigenvalue weighted by Crippen LogP contribution is 2.07. The summed E-state index contributed by atoms with van der Waals surface area (Å²) in [5, 5.41) is 0. The van der Waals surface area contributed by atoms with Crippen LogP contribution in [0.3, 0.4) is 0 Å². The highest BCUT2D eigenvalue weighted by Gasteiger charge is 2.23. The van der Waals surface area contributed by atoms with Gasteiger partial charge in [0.25, 0.3) is 0 Å². The van der Waals surface area contributed by atoms with E-state index in [9.17, 15) is 0 Å². The molecule has 0 unspecified atom stereocenters. The zero-order valence-corrected chi connectivity index (χ0v) is 10.7. The van der Waals surface area contributed by atoms with Gasteiger partial charge in [-0.25, -0.2) is 0 Å². The molecule has 0 nitrogen and oxygen atoms in total. The fourth-order valence-electron chi connectivity index (χ4n) is 1.11. The fraction of sp³-hybridized carbons (Fsp3) is 1.00. The Balaban J connectivity index is 2.14. The quantitative estimate of drug-likeness (QED) is 0.390. The minimum absolute atomic E-state index is 0.265. The molecule has 0 spiro atoms. The van der Waals surface area contributed by atoms with Gasteiger partial charge in [0.15, 0.2) is 0 Å². The SMILES string of the molecule is CC(C)[SiH]1[SiH2][SiH2][SiH2]1.